The van der Waals surface area contributed by atoms with Gasteiger partial charge in [-0.05, 0) is 26.2 Å². The third-order valence-corrected chi connectivity index (χ3v) is 5.86. The van der Waals surface area contributed by atoms with E-state index < -0.39 is 21.3 Å². The van der Waals surface area contributed by atoms with Crippen LogP contribution in [0.2, 0.25) is 0 Å². The second-order valence-corrected chi connectivity index (χ2v) is 8.21. The van der Waals surface area contributed by atoms with Crippen LogP contribution in [0.4, 0.5) is 5.69 Å². The van der Waals surface area contributed by atoms with E-state index in [1.54, 1.807) is 6.92 Å². The Bertz CT molecular complexity index is 662. The van der Waals surface area contributed by atoms with E-state index >= 15 is 0 Å². The summed E-state index contributed by atoms with van der Waals surface area (Å²) in [4.78, 5) is 12.2. The predicted octanol–water partition coefficient (Wildman–Crippen LogP) is 0.176. The van der Waals surface area contributed by atoms with Crippen molar-refractivity contribution in [3.63, 3.8) is 0 Å². The predicted molar refractivity (Wildman–Crippen MR) is 74.1 cm³/mol. The van der Waals surface area contributed by atoms with E-state index in [1.165, 1.54) is 0 Å². The van der Waals surface area contributed by atoms with Crippen LogP contribution in [-0.4, -0.2) is 41.6 Å². The number of anilines is 1. The molecule has 1 amide bonds. The molecule has 7 nitrogen and oxygen atoms in total. The molecule has 0 aromatic carbocycles. The van der Waals surface area contributed by atoms with Crippen molar-refractivity contribution in [2.24, 2.45) is 0 Å². The second kappa shape index (κ2) is 4.21. The summed E-state index contributed by atoms with van der Waals surface area (Å²) < 4.78 is 23.1. The number of carbonyl (C=O) groups is 1. The fourth-order valence-corrected chi connectivity index (χ4v) is 4.76. The monoisotopic (exact) mass is 298 g/mol. The number of H-pyrrole nitrogens is 1. The minimum Gasteiger partial charge on any atom is -0.395 e. The number of carbonyl (C=O) groups excluding carboxylic acids is 1. The van der Waals surface area contributed by atoms with E-state index in [2.05, 4.69) is 15.5 Å². The average molecular weight is 298 g/mol. The van der Waals surface area contributed by atoms with E-state index in [1.807, 2.05) is 0 Å². The molecular weight excluding hydrogens is 280 g/mol. The Morgan fingerprint density at radius 2 is 2.20 bits per heavy atom. The first-order chi connectivity index (χ1) is 9.30. The highest BCUT2D eigenvalue weighted by Gasteiger charge is 2.40. The molecule has 0 radical (unpaired) electrons. The number of nitrogens with zero attached hydrogens (tertiary/aromatic N) is 1. The zero-order valence-corrected chi connectivity index (χ0v) is 12.1. The van der Waals surface area contributed by atoms with Gasteiger partial charge in [0.25, 0.3) is 5.91 Å². The summed E-state index contributed by atoms with van der Waals surface area (Å²) in [5.74, 6) is 0.0374. The Morgan fingerprint density at radius 3 is 2.75 bits per heavy atom. The maximum Gasteiger partial charge on any atom is 0.274 e. The van der Waals surface area contributed by atoms with Gasteiger partial charge in [0.05, 0.1) is 28.4 Å². The van der Waals surface area contributed by atoms with Gasteiger partial charge in [-0.1, -0.05) is 0 Å². The summed E-state index contributed by atoms with van der Waals surface area (Å²) in [7, 11) is -3.06. The average Bonchev–Trinajstić information content (AvgIpc) is 3.03. The van der Waals surface area contributed by atoms with Crippen LogP contribution in [0.25, 0.3) is 0 Å². The molecule has 1 saturated carbocycles. The molecule has 110 valence electrons. The van der Waals surface area contributed by atoms with Crippen molar-refractivity contribution >= 4 is 21.4 Å². The van der Waals surface area contributed by atoms with Crippen molar-refractivity contribution in [1.29, 1.82) is 0 Å². The maximum atomic E-state index is 12.2. The van der Waals surface area contributed by atoms with E-state index in [4.69, 9.17) is 5.73 Å². The molecule has 2 fully saturated rings. The fraction of sp³-hybridized carbons (Fsp3) is 0.667. The molecule has 3 rings (SSSR count). The minimum atomic E-state index is -3.06. The van der Waals surface area contributed by atoms with Crippen LogP contribution < -0.4 is 11.1 Å². The van der Waals surface area contributed by atoms with Gasteiger partial charge in [-0.15, -0.1) is 0 Å². The number of nitrogens with two attached hydrogens (primary N) is 1. The third-order valence-electron chi connectivity index (χ3n) is 3.95. The molecular formula is C12H18N4O3S. The quantitative estimate of drug-likeness (QED) is 0.735. The highest BCUT2D eigenvalue weighted by molar-refractivity contribution is 7.91. The van der Waals surface area contributed by atoms with Gasteiger partial charge >= 0.3 is 0 Å². The molecule has 1 aromatic heterocycles. The lowest BCUT2D eigenvalue weighted by Crippen LogP contribution is -2.47. The number of amides is 1. The molecule has 1 unspecified atom stereocenters. The zero-order chi connectivity index (χ0) is 14.5. The topological polar surface area (TPSA) is 118 Å². The molecule has 2 aliphatic rings. The van der Waals surface area contributed by atoms with Crippen molar-refractivity contribution in [3.05, 3.63) is 11.4 Å². The van der Waals surface area contributed by atoms with Gasteiger partial charge in [0.2, 0.25) is 0 Å². The molecule has 2 heterocycles. The summed E-state index contributed by atoms with van der Waals surface area (Å²) in [6.07, 6.45) is 2.54. The normalized spacial score (nSPS) is 28.4. The first-order valence-corrected chi connectivity index (χ1v) is 8.48. The Labute approximate surface area is 117 Å². The second-order valence-electron chi connectivity index (χ2n) is 6.03. The van der Waals surface area contributed by atoms with Crippen molar-refractivity contribution in [3.8, 4) is 0 Å². The van der Waals surface area contributed by atoms with Crippen molar-refractivity contribution in [2.45, 2.75) is 37.6 Å². The van der Waals surface area contributed by atoms with E-state index in [9.17, 15) is 13.2 Å². The van der Waals surface area contributed by atoms with Crippen molar-refractivity contribution in [2.75, 3.05) is 17.2 Å². The van der Waals surface area contributed by atoms with Gasteiger partial charge in [-0.25, -0.2) is 8.42 Å². The van der Waals surface area contributed by atoms with Crippen LogP contribution in [0.1, 0.15) is 48.3 Å². The summed E-state index contributed by atoms with van der Waals surface area (Å²) in [6, 6.07) is 0. The van der Waals surface area contributed by atoms with Gasteiger partial charge in [-0.3, -0.25) is 9.89 Å². The molecule has 0 spiro atoms. The number of aromatic amines is 1. The molecule has 20 heavy (non-hydrogen) atoms. The van der Waals surface area contributed by atoms with Gasteiger partial charge in [0, 0.05) is 5.92 Å². The van der Waals surface area contributed by atoms with Crippen LogP contribution in [0.5, 0.6) is 0 Å². The largest absolute Gasteiger partial charge is 0.395 e. The summed E-state index contributed by atoms with van der Waals surface area (Å²) >= 11 is 0. The summed E-state index contributed by atoms with van der Waals surface area (Å²) in [5, 5.41) is 9.55. The number of rotatable bonds is 3. The minimum absolute atomic E-state index is 0.0362. The fourth-order valence-electron chi connectivity index (χ4n) is 2.66. The standard InChI is InChI=1S/C12H18N4O3S/c1-12(4-5-20(18,19)6-12)14-11(17)10-8(13)9(15-16-10)7-2-3-7/h7H,2-6,13H2,1H3,(H,14,17)(H,15,16). The SMILES string of the molecule is CC1(NC(=O)c2n[nH]c(C3CC3)c2N)CCS(=O)(=O)C1. The first-order valence-electron chi connectivity index (χ1n) is 6.66. The molecule has 0 bridgehead atoms. The van der Waals surface area contributed by atoms with Crippen LogP contribution in [0.3, 0.4) is 0 Å². The molecule has 1 aliphatic heterocycles. The smallest absolute Gasteiger partial charge is 0.274 e. The number of aromatic nitrogens is 2. The Balaban J connectivity index is 1.77. The molecule has 1 aliphatic carbocycles. The summed E-state index contributed by atoms with van der Waals surface area (Å²) in [6.45, 7) is 1.74. The lowest BCUT2D eigenvalue weighted by Gasteiger charge is -2.23. The maximum absolute atomic E-state index is 12.2. The van der Waals surface area contributed by atoms with Crippen LogP contribution in [0.15, 0.2) is 0 Å². The number of hydrogen-bond acceptors (Lipinski definition) is 5. The highest BCUT2D eigenvalue weighted by Crippen LogP contribution is 2.42. The Hall–Kier alpha value is -1.57. The molecule has 8 heteroatoms. The zero-order valence-electron chi connectivity index (χ0n) is 11.3. The van der Waals surface area contributed by atoms with E-state index in [0.717, 1.165) is 18.5 Å². The van der Waals surface area contributed by atoms with Gasteiger partial charge in [-0.2, -0.15) is 5.10 Å². The van der Waals surface area contributed by atoms with Crippen LogP contribution in [-0.2, 0) is 9.84 Å². The number of hydrogen-bond donors (Lipinski definition) is 3. The molecule has 1 atom stereocenters. The lowest BCUT2D eigenvalue weighted by molar-refractivity contribution is 0.0911. The van der Waals surface area contributed by atoms with Gasteiger partial charge in [0.1, 0.15) is 0 Å². The number of nitrogens with one attached hydrogen (secondary N) is 2. The number of sulfone groups is 1. The van der Waals surface area contributed by atoms with Crippen molar-refractivity contribution in [1.82, 2.24) is 15.5 Å². The summed E-state index contributed by atoms with van der Waals surface area (Å²) in [5.41, 5.74) is 6.57. The molecule has 1 aromatic rings. The Morgan fingerprint density at radius 1 is 1.50 bits per heavy atom. The van der Waals surface area contributed by atoms with E-state index in [0.29, 0.717) is 18.0 Å². The first kappa shape index (κ1) is 13.4. The third kappa shape index (κ3) is 2.39. The number of nitrogen functional groups attached to an aromatic ring is 1. The highest BCUT2D eigenvalue weighted by atomic mass is 32.2. The van der Waals surface area contributed by atoms with Crippen LogP contribution >= 0.6 is 0 Å². The van der Waals surface area contributed by atoms with E-state index in [-0.39, 0.29) is 17.2 Å². The van der Waals surface area contributed by atoms with Gasteiger partial charge in [0.15, 0.2) is 15.5 Å². The van der Waals surface area contributed by atoms with Crippen molar-refractivity contribution < 1.29 is 13.2 Å². The lowest BCUT2D eigenvalue weighted by atomic mass is 10.0. The Kier molecular flexibility index (Phi) is 2.82. The van der Waals surface area contributed by atoms with Crippen LogP contribution in [0, 0.1) is 0 Å². The van der Waals surface area contributed by atoms with Gasteiger partial charge < -0.3 is 11.1 Å². The molecule has 4 N–H and O–H groups in total. The molecule has 1 saturated heterocycles.